The normalized spacial score (nSPS) is 22.7. The fraction of sp³-hybridized carbons (Fsp3) is 0.455. The highest BCUT2D eigenvalue weighted by Gasteiger charge is 2.33. The molecule has 2 aromatic rings. The van der Waals surface area contributed by atoms with Crippen molar-refractivity contribution in [2.75, 3.05) is 26.7 Å². The first-order valence-corrected chi connectivity index (χ1v) is 9.62. The molecule has 3 fully saturated rings. The van der Waals surface area contributed by atoms with Crippen molar-refractivity contribution in [2.45, 2.75) is 32.0 Å². The molecule has 0 aromatic heterocycles. The molecule has 2 bridgehead atoms. The lowest BCUT2D eigenvalue weighted by Crippen LogP contribution is -2.55. The fourth-order valence-corrected chi connectivity index (χ4v) is 4.19. The molecule has 0 radical (unpaired) electrons. The Balaban J connectivity index is 0.00000140. The zero-order valence-corrected chi connectivity index (χ0v) is 17.9. The van der Waals surface area contributed by atoms with Crippen LogP contribution in [0, 0.1) is 5.92 Å². The van der Waals surface area contributed by atoms with E-state index in [0.717, 1.165) is 35.1 Å². The molecule has 6 heteroatoms. The minimum atomic E-state index is 0. The predicted octanol–water partition coefficient (Wildman–Crippen LogP) is 4.30. The highest BCUT2D eigenvalue weighted by Crippen LogP contribution is 2.33. The number of para-hydroxylation sites is 1. The Bertz CT molecular complexity index is 722. The number of benzene rings is 2. The molecule has 3 heterocycles. The first kappa shape index (κ1) is 22.8. The van der Waals surface area contributed by atoms with Gasteiger partial charge in [-0.15, -0.1) is 24.8 Å². The standard InChI is InChI=1S/C22H28N2O2.2ClH/c1-25-21-9-5-8-19(22(21)26-16-17-6-3-2-4-7-17)14-23-20-15-24-12-10-18(20)11-13-24;;/h2-9,18,20,23H,10-16H2,1H3;2*1H. The van der Waals surface area contributed by atoms with Crippen LogP contribution in [0.1, 0.15) is 24.0 Å². The number of hydrogen-bond acceptors (Lipinski definition) is 4. The molecule has 1 atom stereocenters. The third-order valence-electron chi connectivity index (χ3n) is 5.72. The van der Waals surface area contributed by atoms with Crippen molar-refractivity contribution in [3.63, 3.8) is 0 Å². The SMILES string of the molecule is COc1cccc(CNC2CN3CCC2CC3)c1OCc1ccccc1.Cl.Cl. The largest absolute Gasteiger partial charge is 0.493 e. The molecule has 1 unspecified atom stereocenters. The Morgan fingerprint density at radius 3 is 2.39 bits per heavy atom. The summed E-state index contributed by atoms with van der Waals surface area (Å²) in [5, 5.41) is 3.78. The topological polar surface area (TPSA) is 33.7 Å². The molecular weight excluding hydrogens is 395 g/mol. The summed E-state index contributed by atoms with van der Waals surface area (Å²) in [6.07, 6.45) is 2.65. The van der Waals surface area contributed by atoms with E-state index in [9.17, 15) is 0 Å². The van der Waals surface area contributed by atoms with E-state index in [2.05, 4.69) is 28.4 Å². The van der Waals surface area contributed by atoms with Crippen LogP contribution in [0.5, 0.6) is 11.5 Å². The van der Waals surface area contributed by atoms with Crippen LogP contribution >= 0.6 is 24.8 Å². The number of nitrogens with zero attached hydrogens (tertiary/aromatic N) is 1. The van der Waals surface area contributed by atoms with Crippen LogP contribution in [0.2, 0.25) is 0 Å². The summed E-state index contributed by atoms with van der Waals surface area (Å²) in [6, 6.07) is 17.0. The highest BCUT2D eigenvalue weighted by molar-refractivity contribution is 5.85. The van der Waals surface area contributed by atoms with Gasteiger partial charge >= 0.3 is 0 Å². The Kier molecular flexibility index (Phi) is 8.90. The smallest absolute Gasteiger partial charge is 0.166 e. The third kappa shape index (κ3) is 5.32. The number of nitrogens with one attached hydrogen (secondary N) is 1. The van der Waals surface area contributed by atoms with Crippen molar-refractivity contribution >= 4 is 24.8 Å². The summed E-state index contributed by atoms with van der Waals surface area (Å²) in [7, 11) is 1.70. The molecule has 5 rings (SSSR count). The van der Waals surface area contributed by atoms with Gasteiger partial charge in [-0.3, -0.25) is 0 Å². The van der Waals surface area contributed by atoms with Gasteiger partial charge in [-0.1, -0.05) is 42.5 Å². The summed E-state index contributed by atoms with van der Waals surface area (Å²) in [4.78, 5) is 2.58. The van der Waals surface area contributed by atoms with E-state index in [0.29, 0.717) is 12.6 Å². The van der Waals surface area contributed by atoms with Gasteiger partial charge in [-0.2, -0.15) is 0 Å². The van der Waals surface area contributed by atoms with E-state index in [1.807, 2.05) is 30.3 Å². The van der Waals surface area contributed by atoms with Gasteiger partial charge in [0.05, 0.1) is 7.11 Å². The van der Waals surface area contributed by atoms with Crippen molar-refractivity contribution in [2.24, 2.45) is 5.92 Å². The first-order chi connectivity index (χ1) is 12.8. The zero-order valence-electron chi connectivity index (χ0n) is 16.3. The molecular formula is C22H30Cl2N2O2. The van der Waals surface area contributed by atoms with Gasteiger partial charge in [0.2, 0.25) is 0 Å². The second kappa shape index (κ2) is 10.9. The van der Waals surface area contributed by atoms with Gasteiger partial charge in [-0.05, 0) is 43.5 Å². The quantitative estimate of drug-likeness (QED) is 0.717. The number of rotatable bonds is 7. The maximum absolute atomic E-state index is 6.17. The van der Waals surface area contributed by atoms with E-state index in [-0.39, 0.29) is 24.8 Å². The van der Waals surface area contributed by atoms with Crippen molar-refractivity contribution in [3.8, 4) is 11.5 Å². The number of methoxy groups -OCH3 is 1. The van der Waals surface area contributed by atoms with Crippen molar-refractivity contribution < 1.29 is 9.47 Å². The molecule has 3 saturated heterocycles. The van der Waals surface area contributed by atoms with Crippen LogP contribution in [-0.2, 0) is 13.2 Å². The van der Waals surface area contributed by atoms with Gasteiger partial charge in [0.15, 0.2) is 11.5 Å². The molecule has 28 heavy (non-hydrogen) atoms. The van der Waals surface area contributed by atoms with Crippen LogP contribution in [0.15, 0.2) is 48.5 Å². The van der Waals surface area contributed by atoms with E-state index in [1.54, 1.807) is 7.11 Å². The Morgan fingerprint density at radius 2 is 1.75 bits per heavy atom. The van der Waals surface area contributed by atoms with Crippen LogP contribution < -0.4 is 14.8 Å². The lowest BCUT2D eigenvalue weighted by Gasteiger charge is -2.45. The monoisotopic (exact) mass is 424 g/mol. The molecule has 0 saturated carbocycles. The molecule has 154 valence electrons. The average molecular weight is 425 g/mol. The molecule has 0 spiro atoms. The summed E-state index contributed by atoms with van der Waals surface area (Å²) >= 11 is 0. The second-order valence-corrected chi connectivity index (χ2v) is 7.35. The lowest BCUT2D eigenvalue weighted by molar-refractivity contribution is 0.0718. The lowest BCUT2D eigenvalue weighted by atomic mass is 9.84. The van der Waals surface area contributed by atoms with Crippen molar-refractivity contribution in [1.29, 1.82) is 0 Å². The molecule has 1 N–H and O–H groups in total. The fourth-order valence-electron chi connectivity index (χ4n) is 4.19. The van der Waals surface area contributed by atoms with E-state index in [4.69, 9.17) is 9.47 Å². The van der Waals surface area contributed by atoms with Gasteiger partial charge < -0.3 is 19.7 Å². The minimum absolute atomic E-state index is 0. The Labute approximate surface area is 180 Å². The number of fused-ring (bicyclic) bond motifs is 3. The zero-order chi connectivity index (χ0) is 17.8. The van der Waals surface area contributed by atoms with Crippen molar-refractivity contribution in [1.82, 2.24) is 10.2 Å². The molecule has 4 nitrogen and oxygen atoms in total. The van der Waals surface area contributed by atoms with E-state index >= 15 is 0 Å². The van der Waals surface area contributed by atoms with Crippen LogP contribution in [-0.4, -0.2) is 37.7 Å². The number of hydrogen-bond donors (Lipinski definition) is 1. The Morgan fingerprint density at radius 1 is 1.00 bits per heavy atom. The van der Waals surface area contributed by atoms with Gasteiger partial charge in [0.1, 0.15) is 6.61 Å². The molecule has 0 aliphatic carbocycles. The maximum atomic E-state index is 6.17. The number of ether oxygens (including phenoxy) is 2. The molecule has 0 amide bonds. The summed E-state index contributed by atoms with van der Waals surface area (Å²) in [5.74, 6) is 2.47. The summed E-state index contributed by atoms with van der Waals surface area (Å²) in [6.45, 7) is 5.08. The molecule has 3 aliphatic rings. The van der Waals surface area contributed by atoms with Gasteiger partial charge in [0, 0.05) is 24.7 Å². The van der Waals surface area contributed by atoms with Crippen molar-refractivity contribution in [3.05, 3.63) is 59.7 Å². The van der Waals surface area contributed by atoms with Gasteiger partial charge in [-0.25, -0.2) is 0 Å². The van der Waals surface area contributed by atoms with Crippen LogP contribution in [0.25, 0.3) is 0 Å². The predicted molar refractivity (Wildman–Crippen MR) is 118 cm³/mol. The number of piperidine rings is 3. The third-order valence-corrected chi connectivity index (χ3v) is 5.72. The van der Waals surface area contributed by atoms with E-state index in [1.165, 1.54) is 32.5 Å². The van der Waals surface area contributed by atoms with Gasteiger partial charge in [0.25, 0.3) is 0 Å². The summed E-state index contributed by atoms with van der Waals surface area (Å²) < 4.78 is 11.7. The first-order valence-electron chi connectivity index (χ1n) is 9.62. The molecule has 2 aromatic carbocycles. The maximum Gasteiger partial charge on any atom is 0.166 e. The summed E-state index contributed by atoms with van der Waals surface area (Å²) in [5.41, 5.74) is 2.33. The second-order valence-electron chi connectivity index (χ2n) is 7.35. The van der Waals surface area contributed by atoms with E-state index < -0.39 is 0 Å². The van der Waals surface area contributed by atoms with Crippen LogP contribution in [0.4, 0.5) is 0 Å². The van der Waals surface area contributed by atoms with Crippen LogP contribution in [0.3, 0.4) is 0 Å². The molecule has 3 aliphatic heterocycles. The highest BCUT2D eigenvalue weighted by atomic mass is 35.5. The minimum Gasteiger partial charge on any atom is -0.493 e. The number of halogens is 2. The Hall–Kier alpha value is -1.46. The average Bonchev–Trinajstić information content (AvgIpc) is 2.72.